The molecule has 96 valence electrons. The van der Waals surface area contributed by atoms with E-state index in [-0.39, 0.29) is 5.91 Å². The molecular formula is C12H25NO3. The van der Waals surface area contributed by atoms with E-state index in [1.807, 2.05) is 18.7 Å². The van der Waals surface area contributed by atoms with Crippen LogP contribution in [-0.4, -0.2) is 37.5 Å². The summed E-state index contributed by atoms with van der Waals surface area (Å²) in [6, 6.07) is 0. The number of nitrogens with zero attached hydrogens (tertiary/aromatic N) is 1. The van der Waals surface area contributed by atoms with Crippen molar-refractivity contribution in [3.63, 3.8) is 0 Å². The van der Waals surface area contributed by atoms with Crippen LogP contribution < -0.4 is 0 Å². The third kappa shape index (κ3) is 9.49. The predicted molar refractivity (Wildman–Crippen MR) is 65.1 cm³/mol. The van der Waals surface area contributed by atoms with E-state index in [0.717, 1.165) is 19.0 Å². The van der Waals surface area contributed by atoms with Gasteiger partial charge >= 0.3 is 0 Å². The number of hydrogen-bond donors (Lipinski definition) is 0. The molecule has 1 heterocycles. The lowest BCUT2D eigenvalue weighted by Gasteiger charge is -2.29. The van der Waals surface area contributed by atoms with Gasteiger partial charge in [-0.3, -0.25) is 9.59 Å². The van der Waals surface area contributed by atoms with E-state index in [1.165, 1.54) is 20.0 Å². The van der Waals surface area contributed by atoms with Crippen LogP contribution in [0, 0.1) is 5.92 Å². The fourth-order valence-electron chi connectivity index (χ4n) is 1.32. The second-order valence-corrected chi connectivity index (χ2v) is 3.52. The number of methoxy groups -OCH3 is 1. The van der Waals surface area contributed by atoms with E-state index in [9.17, 15) is 4.79 Å². The van der Waals surface area contributed by atoms with Gasteiger partial charge in [-0.15, -0.1) is 0 Å². The Morgan fingerprint density at radius 3 is 1.94 bits per heavy atom. The van der Waals surface area contributed by atoms with Gasteiger partial charge in [0, 0.05) is 20.0 Å². The fourth-order valence-corrected chi connectivity index (χ4v) is 1.32. The maximum Gasteiger partial charge on any atom is 0.292 e. The number of carbonyl (C=O) groups is 2. The molecule has 1 rings (SSSR count). The van der Waals surface area contributed by atoms with Gasteiger partial charge in [0.25, 0.3) is 6.47 Å². The molecule has 16 heavy (non-hydrogen) atoms. The molecule has 0 atom stereocenters. The molecule has 4 nitrogen and oxygen atoms in total. The molecule has 4 heteroatoms. The standard InChI is InChI=1S/C8H15NO.C2H4O2.C2H6/c1-7-3-5-9(6-4-7)8(2)10;1-4-2-3;1-2/h7H,3-6H2,1-2H3;2H,1H3;1-2H3. The number of likely N-dealkylation sites (tertiary alicyclic amines) is 1. The van der Waals surface area contributed by atoms with Crippen molar-refractivity contribution in [2.24, 2.45) is 5.92 Å². The Bertz CT molecular complexity index is 175. The topological polar surface area (TPSA) is 46.6 Å². The van der Waals surface area contributed by atoms with Gasteiger partial charge in [0.2, 0.25) is 5.91 Å². The van der Waals surface area contributed by atoms with E-state index >= 15 is 0 Å². The Hall–Kier alpha value is -1.06. The summed E-state index contributed by atoms with van der Waals surface area (Å²) in [5, 5.41) is 0. The van der Waals surface area contributed by atoms with Crippen molar-refractivity contribution < 1.29 is 14.3 Å². The van der Waals surface area contributed by atoms with E-state index in [2.05, 4.69) is 11.7 Å². The zero-order chi connectivity index (χ0) is 13.0. The van der Waals surface area contributed by atoms with Crippen LogP contribution in [0.25, 0.3) is 0 Å². The van der Waals surface area contributed by atoms with Crippen molar-refractivity contribution in [3.8, 4) is 0 Å². The summed E-state index contributed by atoms with van der Waals surface area (Å²) in [6.07, 6.45) is 2.36. The number of carbonyl (C=O) groups excluding carboxylic acids is 2. The molecule has 0 aromatic heterocycles. The van der Waals surface area contributed by atoms with E-state index in [4.69, 9.17) is 4.79 Å². The molecular weight excluding hydrogens is 206 g/mol. The molecule has 0 N–H and O–H groups in total. The highest BCUT2D eigenvalue weighted by Gasteiger charge is 2.16. The van der Waals surface area contributed by atoms with Crippen LogP contribution in [0.15, 0.2) is 0 Å². The number of hydrogen-bond acceptors (Lipinski definition) is 3. The van der Waals surface area contributed by atoms with Gasteiger partial charge in [0.05, 0.1) is 7.11 Å². The molecule has 1 amide bonds. The molecule has 1 saturated heterocycles. The Kier molecular flexibility index (Phi) is 13.0. The largest absolute Gasteiger partial charge is 0.471 e. The van der Waals surface area contributed by atoms with Crippen molar-refractivity contribution in [1.29, 1.82) is 0 Å². The van der Waals surface area contributed by atoms with Crippen molar-refractivity contribution >= 4 is 12.4 Å². The first kappa shape index (κ1) is 17.3. The second kappa shape index (κ2) is 12.0. The highest BCUT2D eigenvalue weighted by Crippen LogP contribution is 2.15. The number of ether oxygens (including phenoxy) is 1. The van der Waals surface area contributed by atoms with Gasteiger partial charge in [-0.1, -0.05) is 20.8 Å². The summed E-state index contributed by atoms with van der Waals surface area (Å²) in [6.45, 7) is 10.2. The van der Waals surface area contributed by atoms with E-state index < -0.39 is 0 Å². The second-order valence-electron chi connectivity index (χ2n) is 3.52. The van der Waals surface area contributed by atoms with Crippen molar-refractivity contribution in [2.75, 3.05) is 20.2 Å². The molecule has 0 bridgehead atoms. The highest BCUT2D eigenvalue weighted by atomic mass is 16.5. The molecule has 1 aliphatic heterocycles. The third-order valence-corrected chi connectivity index (χ3v) is 2.33. The molecule has 0 aliphatic carbocycles. The van der Waals surface area contributed by atoms with Crippen LogP contribution in [0.1, 0.15) is 40.5 Å². The molecule has 0 aromatic carbocycles. The van der Waals surface area contributed by atoms with Crippen LogP contribution in [0.3, 0.4) is 0 Å². The molecule has 1 aliphatic rings. The summed E-state index contributed by atoms with van der Waals surface area (Å²) >= 11 is 0. The maximum absolute atomic E-state index is 10.8. The number of amides is 1. The zero-order valence-electron chi connectivity index (χ0n) is 11.2. The Morgan fingerprint density at radius 2 is 1.69 bits per heavy atom. The maximum atomic E-state index is 10.8. The van der Waals surface area contributed by atoms with Gasteiger partial charge < -0.3 is 9.64 Å². The van der Waals surface area contributed by atoms with Crippen LogP contribution in [0.2, 0.25) is 0 Å². The van der Waals surface area contributed by atoms with Crippen LogP contribution in [0.5, 0.6) is 0 Å². The van der Waals surface area contributed by atoms with Crippen molar-refractivity contribution in [1.82, 2.24) is 4.90 Å². The fraction of sp³-hybridized carbons (Fsp3) is 0.833. The van der Waals surface area contributed by atoms with Crippen molar-refractivity contribution in [2.45, 2.75) is 40.5 Å². The summed E-state index contributed by atoms with van der Waals surface area (Å²) in [4.78, 5) is 21.7. The Labute approximate surface area is 99.0 Å². The highest BCUT2D eigenvalue weighted by molar-refractivity contribution is 5.73. The van der Waals surface area contributed by atoms with Gasteiger partial charge in [-0.25, -0.2) is 0 Å². The zero-order valence-corrected chi connectivity index (χ0v) is 11.2. The smallest absolute Gasteiger partial charge is 0.292 e. The van der Waals surface area contributed by atoms with E-state index in [0.29, 0.717) is 6.47 Å². The van der Waals surface area contributed by atoms with Crippen LogP contribution in [0.4, 0.5) is 0 Å². The number of rotatable bonds is 1. The molecule has 1 fully saturated rings. The SMILES string of the molecule is CC.CC(=O)N1CCC(C)CC1.COC=O. The first-order valence-corrected chi connectivity index (χ1v) is 5.83. The van der Waals surface area contributed by atoms with Gasteiger partial charge in [0.1, 0.15) is 0 Å². The first-order chi connectivity index (χ1) is 7.61. The van der Waals surface area contributed by atoms with Gasteiger partial charge in [-0.05, 0) is 18.8 Å². The minimum Gasteiger partial charge on any atom is -0.471 e. The summed E-state index contributed by atoms with van der Waals surface area (Å²) in [5.41, 5.74) is 0. The Balaban J connectivity index is 0. The van der Waals surface area contributed by atoms with Crippen molar-refractivity contribution in [3.05, 3.63) is 0 Å². The van der Waals surface area contributed by atoms with E-state index in [1.54, 1.807) is 6.92 Å². The van der Waals surface area contributed by atoms with Gasteiger partial charge in [0.15, 0.2) is 0 Å². The molecule has 0 saturated carbocycles. The normalized spacial score (nSPS) is 14.9. The molecule has 0 radical (unpaired) electrons. The number of piperidine rings is 1. The lowest BCUT2D eigenvalue weighted by Crippen LogP contribution is -2.36. The Morgan fingerprint density at radius 1 is 1.31 bits per heavy atom. The van der Waals surface area contributed by atoms with Crippen LogP contribution in [-0.2, 0) is 14.3 Å². The minimum absolute atomic E-state index is 0.229. The lowest BCUT2D eigenvalue weighted by molar-refractivity contribution is -0.130. The minimum atomic E-state index is 0.229. The van der Waals surface area contributed by atoms with Crippen LogP contribution >= 0.6 is 0 Å². The summed E-state index contributed by atoms with van der Waals surface area (Å²) in [7, 11) is 1.31. The summed E-state index contributed by atoms with van der Waals surface area (Å²) in [5.74, 6) is 1.04. The average molecular weight is 231 g/mol. The summed E-state index contributed by atoms with van der Waals surface area (Å²) < 4.78 is 3.86. The predicted octanol–water partition coefficient (Wildman–Crippen LogP) is 2.08. The lowest BCUT2D eigenvalue weighted by atomic mass is 9.99. The molecule has 0 spiro atoms. The van der Waals surface area contributed by atoms with Gasteiger partial charge in [-0.2, -0.15) is 0 Å². The average Bonchev–Trinajstić information content (AvgIpc) is 2.32. The molecule has 0 unspecified atom stereocenters. The monoisotopic (exact) mass is 231 g/mol. The third-order valence-electron chi connectivity index (χ3n) is 2.33. The molecule has 0 aromatic rings. The quantitative estimate of drug-likeness (QED) is 0.649. The first-order valence-electron chi connectivity index (χ1n) is 5.83.